The highest BCUT2D eigenvalue weighted by Crippen LogP contribution is 2.33. The second kappa shape index (κ2) is 55.2. The molecule has 0 aromatic rings. The fraction of sp³-hybridized carbons (Fsp3) is 0.932. The third-order valence-corrected chi connectivity index (χ3v) is 19.0. The van der Waals surface area contributed by atoms with E-state index in [2.05, 4.69) is 31.3 Å². The number of unbranched alkanes of at least 4 members (excludes halogenated alkanes) is 41. The van der Waals surface area contributed by atoms with E-state index in [0.717, 1.165) is 38.5 Å². The zero-order valence-corrected chi connectivity index (χ0v) is 57.5. The Hall–Kier alpha value is -1.73. The highest BCUT2D eigenvalue weighted by Gasteiger charge is 2.53. The van der Waals surface area contributed by atoms with E-state index < -0.39 is 124 Å². The summed E-state index contributed by atoms with van der Waals surface area (Å²) in [5.41, 5.74) is 0. The monoisotopic (exact) mass is 1320 g/mol. The van der Waals surface area contributed by atoms with Crippen molar-refractivity contribution in [3.05, 3.63) is 24.3 Å². The van der Waals surface area contributed by atoms with Gasteiger partial charge in [-0.3, -0.25) is 4.79 Å². The fourth-order valence-corrected chi connectivity index (χ4v) is 12.9. The van der Waals surface area contributed by atoms with Crippen LogP contribution in [0.3, 0.4) is 0 Å². The van der Waals surface area contributed by atoms with Crippen LogP contribution in [0.2, 0.25) is 0 Å². The second-order valence-corrected chi connectivity index (χ2v) is 27.1. The van der Waals surface area contributed by atoms with Crippen LogP contribution in [0, 0.1) is 0 Å². The van der Waals surface area contributed by atoms with E-state index in [9.17, 15) is 61.0 Å². The summed E-state index contributed by atoms with van der Waals surface area (Å²) in [6.07, 6.45) is 37.4. The molecule has 0 bridgehead atoms. The van der Waals surface area contributed by atoms with Gasteiger partial charge in [-0.15, -0.1) is 0 Å². The number of hydrogen-bond donors (Lipinski definition) is 12. The first-order chi connectivity index (χ1) is 44.8. The molecule has 19 nitrogen and oxygen atoms in total. The number of nitrogens with one attached hydrogen (secondary N) is 1. The van der Waals surface area contributed by atoms with Crippen LogP contribution in [0.4, 0.5) is 0 Å². The summed E-state index contributed by atoms with van der Waals surface area (Å²) in [5, 5.41) is 121. The number of carbonyl (C=O) groups excluding carboxylic acids is 1. The molecular formula is C73H137NO18. The smallest absolute Gasteiger partial charge is 0.220 e. The highest BCUT2D eigenvalue weighted by atomic mass is 16.8. The standard InChI is InChI=1S/C73H137NO18/c1-3-5-7-9-11-13-15-17-19-21-22-23-24-25-26-27-28-29-30-31-32-33-35-36-38-40-42-44-46-48-50-57(78)56(74-61(79)51-49-47-45-43-41-39-37-34-20-18-16-14-12-10-8-6-4-2)55-87-71-67(85)64(82)69(59(53-76)89-71)92-73-68(86)65(83)70(60(54-77)90-73)91-72-66(84)63(81)62(80)58(52-75)88-72/h40,42,48,50,56-60,62-73,75-78,80-86H,3-39,41,43-47,49,51-55H2,1-2H3,(H,74,79)/b42-40+,50-48+. The molecule has 1 amide bonds. The number of aliphatic hydroxyl groups is 11. The van der Waals surface area contributed by atoms with Crippen LogP contribution < -0.4 is 5.32 Å². The third kappa shape index (κ3) is 36.2. The summed E-state index contributed by atoms with van der Waals surface area (Å²) < 4.78 is 34.4. The normalized spacial score (nSPS) is 27.8. The molecule has 92 heavy (non-hydrogen) atoms. The molecule has 3 fully saturated rings. The van der Waals surface area contributed by atoms with Gasteiger partial charge in [-0.2, -0.15) is 0 Å². The van der Waals surface area contributed by atoms with E-state index in [4.69, 9.17) is 28.4 Å². The van der Waals surface area contributed by atoms with Gasteiger partial charge in [-0.1, -0.05) is 289 Å². The first kappa shape index (κ1) is 84.5. The van der Waals surface area contributed by atoms with Crippen LogP contribution in [0.5, 0.6) is 0 Å². The van der Waals surface area contributed by atoms with Crippen molar-refractivity contribution >= 4 is 5.91 Å². The van der Waals surface area contributed by atoms with Crippen LogP contribution in [-0.4, -0.2) is 193 Å². The van der Waals surface area contributed by atoms with E-state index in [1.807, 2.05) is 6.08 Å². The van der Waals surface area contributed by atoms with Crippen LogP contribution in [0.25, 0.3) is 0 Å². The minimum absolute atomic E-state index is 0.240. The SMILES string of the molecule is CCCCCCCCCCCCCCCCCCCCCCCCCC/C=C/CC/C=C/C(O)C(COC1OC(CO)C(OC2OC(CO)C(OC3OC(CO)C(O)C(O)C3O)C(O)C2O)C(O)C1O)NC(=O)CCCCCCCCCCCCCCCCCCC. The maximum atomic E-state index is 13.4. The first-order valence-corrected chi connectivity index (χ1v) is 37.6. The van der Waals surface area contributed by atoms with Gasteiger partial charge in [-0.05, 0) is 32.1 Å². The quantitative estimate of drug-likeness (QED) is 0.0199. The second-order valence-electron chi connectivity index (χ2n) is 27.1. The minimum Gasteiger partial charge on any atom is -0.394 e. The number of aliphatic hydroxyl groups excluding tert-OH is 11. The molecule has 0 aromatic heterocycles. The molecule has 3 heterocycles. The predicted octanol–water partition coefficient (Wildman–Crippen LogP) is 11.0. The van der Waals surface area contributed by atoms with Crippen molar-refractivity contribution in [2.75, 3.05) is 26.4 Å². The zero-order chi connectivity index (χ0) is 66.8. The molecular weight excluding hydrogens is 1180 g/mol. The number of carbonyl (C=O) groups is 1. The molecule has 0 spiro atoms. The Bertz CT molecular complexity index is 1760. The average molecular weight is 1320 g/mol. The molecule has 17 unspecified atom stereocenters. The van der Waals surface area contributed by atoms with E-state index in [1.54, 1.807) is 6.08 Å². The van der Waals surface area contributed by atoms with Crippen molar-refractivity contribution in [2.45, 2.75) is 407 Å². The molecule has 19 heteroatoms. The largest absolute Gasteiger partial charge is 0.394 e. The van der Waals surface area contributed by atoms with Crippen molar-refractivity contribution in [2.24, 2.45) is 0 Å². The Kier molecular flexibility index (Phi) is 50.7. The maximum absolute atomic E-state index is 13.4. The molecule has 3 aliphatic heterocycles. The third-order valence-electron chi connectivity index (χ3n) is 19.0. The van der Waals surface area contributed by atoms with Crippen molar-refractivity contribution in [3.8, 4) is 0 Å². The van der Waals surface area contributed by atoms with Gasteiger partial charge < -0.3 is 89.9 Å². The topological polar surface area (TPSA) is 307 Å². The highest BCUT2D eigenvalue weighted by molar-refractivity contribution is 5.76. The van der Waals surface area contributed by atoms with Crippen molar-refractivity contribution in [3.63, 3.8) is 0 Å². The lowest BCUT2D eigenvalue weighted by molar-refractivity contribution is -0.379. The Labute approximate surface area is 556 Å². The summed E-state index contributed by atoms with van der Waals surface area (Å²) in [6.45, 7) is 1.76. The molecule has 17 atom stereocenters. The molecule has 12 N–H and O–H groups in total. The Morgan fingerprint density at radius 3 is 1.09 bits per heavy atom. The van der Waals surface area contributed by atoms with Gasteiger partial charge >= 0.3 is 0 Å². The van der Waals surface area contributed by atoms with Crippen LogP contribution >= 0.6 is 0 Å². The van der Waals surface area contributed by atoms with Gasteiger partial charge in [0.2, 0.25) is 5.91 Å². The lowest BCUT2D eigenvalue weighted by Crippen LogP contribution is -2.66. The van der Waals surface area contributed by atoms with Crippen molar-refractivity contribution < 1.29 is 89.4 Å². The van der Waals surface area contributed by atoms with Gasteiger partial charge in [-0.25, -0.2) is 0 Å². The molecule has 3 aliphatic rings. The fourth-order valence-electron chi connectivity index (χ4n) is 12.9. The summed E-state index contributed by atoms with van der Waals surface area (Å²) in [4.78, 5) is 13.4. The molecule has 542 valence electrons. The van der Waals surface area contributed by atoms with Crippen LogP contribution in [0.1, 0.15) is 303 Å². The first-order valence-electron chi connectivity index (χ1n) is 37.6. The Balaban J connectivity index is 1.40. The molecule has 3 saturated heterocycles. The number of allylic oxidation sites excluding steroid dienone is 3. The van der Waals surface area contributed by atoms with E-state index in [0.29, 0.717) is 12.8 Å². The maximum Gasteiger partial charge on any atom is 0.220 e. The van der Waals surface area contributed by atoms with E-state index in [1.165, 1.54) is 231 Å². The molecule has 0 saturated carbocycles. The van der Waals surface area contributed by atoms with E-state index >= 15 is 0 Å². The lowest BCUT2D eigenvalue weighted by atomic mass is 9.96. The predicted molar refractivity (Wildman–Crippen MR) is 360 cm³/mol. The van der Waals surface area contributed by atoms with Crippen LogP contribution in [-0.2, 0) is 33.2 Å². The average Bonchev–Trinajstić information content (AvgIpc) is 0.835. The Morgan fingerprint density at radius 2 is 0.696 bits per heavy atom. The zero-order valence-electron chi connectivity index (χ0n) is 57.5. The Morgan fingerprint density at radius 1 is 0.380 bits per heavy atom. The van der Waals surface area contributed by atoms with E-state index in [-0.39, 0.29) is 18.9 Å². The number of amides is 1. The molecule has 3 rings (SSSR count). The van der Waals surface area contributed by atoms with Gasteiger partial charge in [0.05, 0.1) is 38.6 Å². The van der Waals surface area contributed by atoms with Gasteiger partial charge in [0, 0.05) is 6.42 Å². The van der Waals surface area contributed by atoms with Gasteiger partial charge in [0.15, 0.2) is 18.9 Å². The number of ether oxygens (including phenoxy) is 6. The summed E-state index contributed by atoms with van der Waals surface area (Å²) in [6, 6.07) is -0.987. The molecule has 0 radical (unpaired) electrons. The minimum atomic E-state index is -1.98. The molecule has 0 aliphatic carbocycles. The number of rotatable bonds is 59. The summed E-state index contributed by atoms with van der Waals surface area (Å²) in [5.74, 6) is -0.280. The van der Waals surface area contributed by atoms with Crippen molar-refractivity contribution in [1.82, 2.24) is 5.32 Å². The number of hydrogen-bond acceptors (Lipinski definition) is 18. The molecule has 0 aromatic carbocycles. The van der Waals surface area contributed by atoms with Gasteiger partial charge in [0.25, 0.3) is 0 Å². The van der Waals surface area contributed by atoms with Crippen molar-refractivity contribution in [1.29, 1.82) is 0 Å². The van der Waals surface area contributed by atoms with Gasteiger partial charge in [0.1, 0.15) is 73.2 Å². The summed E-state index contributed by atoms with van der Waals surface area (Å²) in [7, 11) is 0. The summed E-state index contributed by atoms with van der Waals surface area (Å²) >= 11 is 0. The van der Waals surface area contributed by atoms with Crippen LogP contribution in [0.15, 0.2) is 24.3 Å². The lowest BCUT2D eigenvalue weighted by Gasteiger charge is -2.48.